The van der Waals surface area contributed by atoms with E-state index in [1.54, 1.807) is 24.3 Å². The van der Waals surface area contributed by atoms with Gasteiger partial charge < -0.3 is 15.1 Å². The van der Waals surface area contributed by atoms with Crippen LogP contribution in [0.2, 0.25) is 0 Å². The highest BCUT2D eigenvalue weighted by molar-refractivity contribution is 9.10. The number of furan rings is 1. The summed E-state index contributed by atoms with van der Waals surface area (Å²) < 4.78 is 5.70. The molecule has 2 rings (SSSR count). The largest absolute Gasteiger partial charge is 0.444 e. The van der Waals surface area contributed by atoms with Crippen LogP contribution < -0.4 is 5.32 Å². The Morgan fingerprint density at radius 3 is 2.50 bits per heavy atom. The van der Waals surface area contributed by atoms with Gasteiger partial charge in [0.1, 0.15) is 0 Å². The van der Waals surface area contributed by atoms with Gasteiger partial charge in [0.25, 0.3) is 5.91 Å². The number of carbonyl (C=O) groups is 1. The number of halogens is 1. The predicted molar refractivity (Wildman–Crippen MR) is 82.5 cm³/mol. The Morgan fingerprint density at radius 1 is 1.25 bits per heavy atom. The van der Waals surface area contributed by atoms with Gasteiger partial charge in [0.05, 0.1) is 0 Å². The van der Waals surface area contributed by atoms with Gasteiger partial charge >= 0.3 is 0 Å². The molecule has 0 radical (unpaired) electrons. The fraction of sp³-hybridized carbons (Fsp3) is 0.200. The maximum Gasteiger partial charge on any atom is 0.291 e. The Balaban J connectivity index is 2.04. The highest BCUT2D eigenvalue weighted by Crippen LogP contribution is 2.17. The molecule has 0 fully saturated rings. The summed E-state index contributed by atoms with van der Waals surface area (Å²) in [6.45, 7) is 2.05. The lowest BCUT2D eigenvalue weighted by Gasteiger charge is -2.06. The molecule has 104 valence electrons. The molecule has 0 bridgehead atoms. The van der Waals surface area contributed by atoms with Crippen molar-refractivity contribution in [1.82, 2.24) is 0 Å². The standard InChI is InChI=1S/C15H15BrN2O2/c1-2-3-12(17)10-4-6-11(7-5-10)18-15(19)13-8-9-14(16)20-13/h4-9,17H,2-3H2,1H3,(H,18,19). The van der Waals surface area contributed by atoms with E-state index < -0.39 is 0 Å². The average Bonchev–Trinajstić information content (AvgIpc) is 2.86. The molecule has 1 amide bonds. The molecule has 0 aliphatic carbocycles. The molecule has 0 atom stereocenters. The van der Waals surface area contributed by atoms with E-state index in [0.29, 0.717) is 16.1 Å². The second-order valence-corrected chi connectivity index (χ2v) is 5.15. The van der Waals surface area contributed by atoms with E-state index in [0.717, 1.165) is 18.4 Å². The van der Waals surface area contributed by atoms with Crippen LogP contribution in [-0.4, -0.2) is 11.6 Å². The molecule has 20 heavy (non-hydrogen) atoms. The maximum absolute atomic E-state index is 11.9. The van der Waals surface area contributed by atoms with E-state index in [2.05, 4.69) is 21.2 Å². The summed E-state index contributed by atoms with van der Waals surface area (Å²) in [5, 5.41) is 10.6. The minimum atomic E-state index is -0.299. The minimum Gasteiger partial charge on any atom is -0.444 e. The zero-order valence-electron chi connectivity index (χ0n) is 11.1. The number of carbonyl (C=O) groups excluding carboxylic acids is 1. The summed E-state index contributed by atoms with van der Waals surface area (Å²) in [5.74, 6) is -0.0493. The lowest BCUT2D eigenvalue weighted by molar-refractivity contribution is 0.0995. The van der Waals surface area contributed by atoms with Crippen molar-refractivity contribution in [1.29, 1.82) is 5.41 Å². The van der Waals surface area contributed by atoms with E-state index in [-0.39, 0.29) is 11.7 Å². The first-order valence-electron chi connectivity index (χ1n) is 6.34. The lowest BCUT2D eigenvalue weighted by atomic mass is 10.1. The molecule has 1 heterocycles. The van der Waals surface area contributed by atoms with Crippen LogP contribution in [0.15, 0.2) is 45.5 Å². The number of anilines is 1. The Labute approximate surface area is 125 Å². The van der Waals surface area contributed by atoms with Crippen molar-refractivity contribution >= 4 is 33.2 Å². The van der Waals surface area contributed by atoms with Crippen molar-refractivity contribution in [2.24, 2.45) is 0 Å². The monoisotopic (exact) mass is 334 g/mol. The molecule has 2 N–H and O–H groups in total. The normalized spacial score (nSPS) is 10.3. The van der Waals surface area contributed by atoms with Crippen molar-refractivity contribution < 1.29 is 9.21 Å². The highest BCUT2D eigenvalue weighted by Gasteiger charge is 2.10. The third-order valence-electron chi connectivity index (χ3n) is 2.79. The summed E-state index contributed by atoms with van der Waals surface area (Å²) in [4.78, 5) is 11.9. The van der Waals surface area contributed by atoms with Gasteiger partial charge in [-0.1, -0.05) is 25.5 Å². The number of nitrogens with one attached hydrogen (secondary N) is 2. The van der Waals surface area contributed by atoms with E-state index >= 15 is 0 Å². The fourth-order valence-electron chi connectivity index (χ4n) is 1.78. The molecule has 5 heteroatoms. The van der Waals surface area contributed by atoms with Crippen LogP contribution in [0.5, 0.6) is 0 Å². The number of hydrogen-bond donors (Lipinski definition) is 2. The van der Waals surface area contributed by atoms with Gasteiger partial charge in [-0.05, 0) is 52.2 Å². The van der Waals surface area contributed by atoms with E-state index in [1.165, 1.54) is 0 Å². The minimum absolute atomic E-state index is 0.250. The molecule has 0 aliphatic heterocycles. The fourth-order valence-corrected chi connectivity index (χ4v) is 2.08. The van der Waals surface area contributed by atoms with Gasteiger partial charge in [-0.25, -0.2) is 0 Å². The van der Waals surface area contributed by atoms with Crippen LogP contribution in [-0.2, 0) is 0 Å². The molecule has 0 aliphatic rings. The smallest absolute Gasteiger partial charge is 0.291 e. The SMILES string of the molecule is CCCC(=N)c1ccc(NC(=O)c2ccc(Br)o2)cc1. The third kappa shape index (κ3) is 3.57. The van der Waals surface area contributed by atoms with Crippen LogP contribution in [0.1, 0.15) is 35.9 Å². The van der Waals surface area contributed by atoms with Crippen LogP contribution >= 0.6 is 15.9 Å². The van der Waals surface area contributed by atoms with E-state index in [4.69, 9.17) is 9.83 Å². The molecule has 0 saturated carbocycles. The van der Waals surface area contributed by atoms with Crippen LogP contribution in [0.4, 0.5) is 5.69 Å². The van der Waals surface area contributed by atoms with Crippen LogP contribution in [0.25, 0.3) is 0 Å². The Kier molecular flexibility index (Phi) is 4.74. The molecular formula is C15H15BrN2O2. The van der Waals surface area contributed by atoms with Crippen molar-refractivity contribution in [3.8, 4) is 0 Å². The molecular weight excluding hydrogens is 320 g/mol. The van der Waals surface area contributed by atoms with Crippen molar-refractivity contribution in [3.05, 3.63) is 52.4 Å². The van der Waals surface area contributed by atoms with Crippen LogP contribution in [0, 0.1) is 5.41 Å². The molecule has 1 aromatic carbocycles. The number of amides is 1. The van der Waals surface area contributed by atoms with Gasteiger partial charge in [0.15, 0.2) is 10.4 Å². The maximum atomic E-state index is 11.9. The molecule has 4 nitrogen and oxygen atoms in total. The highest BCUT2D eigenvalue weighted by atomic mass is 79.9. The van der Waals surface area contributed by atoms with Gasteiger partial charge in [-0.15, -0.1) is 0 Å². The zero-order valence-corrected chi connectivity index (χ0v) is 12.7. The summed E-state index contributed by atoms with van der Waals surface area (Å²) in [5.41, 5.74) is 2.17. The summed E-state index contributed by atoms with van der Waals surface area (Å²) in [6.07, 6.45) is 1.71. The topological polar surface area (TPSA) is 66.1 Å². The molecule has 0 unspecified atom stereocenters. The molecule has 0 spiro atoms. The third-order valence-corrected chi connectivity index (χ3v) is 3.21. The Bertz CT molecular complexity index is 617. The Hall–Kier alpha value is -1.88. The van der Waals surface area contributed by atoms with Crippen molar-refractivity contribution in [2.45, 2.75) is 19.8 Å². The number of rotatable bonds is 5. The van der Waals surface area contributed by atoms with E-state index in [1.807, 2.05) is 19.1 Å². The average molecular weight is 335 g/mol. The summed E-state index contributed by atoms with van der Waals surface area (Å²) >= 11 is 3.16. The predicted octanol–water partition coefficient (Wildman–Crippen LogP) is 4.46. The first-order chi connectivity index (χ1) is 9.60. The first-order valence-corrected chi connectivity index (χ1v) is 7.14. The van der Waals surface area contributed by atoms with Crippen molar-refractivity contribution in [3.63, 3.8) is 0 Å². The second kappa shape index (κ2) is 6.52. The van der Waals surface area contributed by atoms with Gasteiger partial charge in [-0.3, -0.25) is 4.79 Å². The molecule has 0 saturated heterocycles. The number of hydrogen-bond acceptors (Lipinski definition) is 3. The van der Waals surface area contributed by atoms with Crippen LogP contribution in [0.3, 0.4) is 0 Å². The van der Waals surface area contributed by atoms with Gasteiger partial charge in [0.2, 0.25) is 0 Å². The Morgan fingerprint density at radius 2 is 1.95 bits per heavy atom. The van der Waals surface area contributed by atoms with Gasteiger partial charge in [0, 0.05) is 11.4 Å². The van der Waals surface area contributed by atoms with Gasteiger partial charge in [-0.2, -0.15) is 0 Å². The lowest BCUT2D eigenvalue weighted by Crippen LogP contribution is -2.11. The second-order valence-electron chi connectivity index (χ2n) is 4.36. The summed E-state index contributed by atoms with van der Waals surface area (Å²) in [6, 6.07) is 10.5. The summed E-state index contributed by atoms with van der Waals surface area (Å²) in [7, 11) is 0. The molecule has 2 aromatic rings. The quantitative estimate of drug-likeness (QED) is 0.792. The molecule has 1 aromatic heterocycles. The van der Waals surface area contributed by atoms with E-state index in [9.17, 15) is 4.79 Å². The first kappa shape index (κ1) is 14.5. The van der Waals surface area contributed by atoms with Crippen molar-refractivity contribution in [2.75, 3.05) is 5.32 Å². The zero-order chi connectivity index (χ0) is 14.5. The number of benzene rings is 1.